The van der Waals surface area contributed by atoms with E-state index < -0.39 is 0 Å². The monoisotopic (exact) mass is 349 g/mol. The molecular formula is C23H17N4+. The van der Waals surface area contributed by atoms with Gasteiger partial charge in [-0.05, 0) is 41.1 Å². The van der Waals surface area contributed by atoms with Gasteiger partial charge in [0.15, 0.2) is 12.2 Å². The minimum Gasteiger partial charge on any atom is -0.256 e. The second-order valence-corrected chi connectivity index (χ2v) is 6.49. The highest BCUT2D eigenvalue weighted by atomic mass is 15.5. The lowest BCUT2D eigenvalue weighted by molar-refractivity contribution is -0.492. The van der Waals surface area contributed by atoms with Gasteiger partial charge in [0.25, 0.3) is 0 Å². The predicted molar refractivity (Wildman–Crippen MR) is 107 cm³/mol. The normalized spacial score (nSPS) is 13.5. The minimum atomic E-state index is 0.652. The Balaban J connectivity index is 1.45. The summed E-state index contributed by atoms with van der Waals surface area (Å²) in [5.41, 5.74) is 5.16. The number of nitrogens with zero attached hydrogens (tertiary/aromatic N) is 4. The Bertz CT molecular complexity index is 1190. The summed E-state index contributed by atoms with van der Waals surface area (Å²) in [6.07, 6.45) is 1.81. The Kier molecular flexibility index (Phi) is 3.79. The molecule has 0 saturated heterocycles. The van der Waals surface area contributed by atoms with E-state index in [0.29, 0.717) is 6.54 Å². The second-order valence-electron chi connectivity index (χ2n) is 6.49. The Morgan fingerprint density at radius 3 is 2.56 bits per heavy atom. The molecule has 3 aromatic carbocycles. The van der Waals surface area contributed by atoms with E-state index in [4.69, 9.17) is 0 Å². The zero-order chi connectivity index (χ0) is 18.1. The molecule has 0 atom stereocenters. The highest BCUT2D eigenvalue weighted by molar-refractivity contribution is 6.11. The van der Waals surface area contributed by atoms with Crippen LogP contribution in [0.15, 0.2) is 101 Å². The summed E-state index contributed by atoms with van der Waals surface area (Å²) in [4.78, 5) is 4.44. The average Bonchev–Trinajstić information content (AvgIpc) is 3.24. The van der Waals surface area contributed by atoms with Gasteiger partial charge in [0.2, 0.25) is 5.71 Å². The molecule has 4 aromatic rings. The second kappa shape index (κ2) is 6.57. The van der Waals surface area contributed by atoms with Gasteiger partial charge < -0.3 is 0 Å². The molecule has 0 amide bonds. The van der Waals surface area contributed by atoms with Crippen molar-refractivity contribution in [3.8, 4) is 11.3 Å². The molecule has 5 rings (SSSR count). The van der Waals surface area contributed by atoms with Gasteiger partial charge in [0.1, 0.15) is 5.22 Å². The van der Waals surface area contributed by atoms with Crippen LogP contribution in [0.25, 0.3) is 22.0 Å². The number of fused-ring (bicyclic) bond motifs is 1. The van der Waals surface area contributed by atoms with E-state index in [9.17, 15) is 0 Å². The quantitative estimate of drug-likeness (QED) is 0.456. The number of hydrogen-bond acceptors (Lipinski definition) is 3. The zero-order valence-corrected chi connectivity index (χ0v) is 14.7. The Hall–Kier alpha value is -3.66. The fraction of sp³-hybridized carbons (Fsp3) is 0.0435. The third-order valence-corrected chi connectivity index (χ3v) is 4.78. The molecule has 0 saturated carbocycles. The third kappa shape index (κ3) is 2.91. The fourth-order valence-electron chi connectivity index (χ4n) is 3.43. The van der Waals surface area contributed by atoms with E-state index in [0.717, 1.165) is 28.2 Å². The number of aromatic nitrogens is 1. The molecule has 1 aliphatic heterocycles. The van der Waals surface area contributed by atoms with Crippen molar-refractivity contribution in [1.82, 2.24) is 4.98 Å². The fourth-order valence-corrected chi connectivity index (χ4v) is 3.43. The molecule has 4 heteroatoms. The SMILES string of the molecule is c1ccc(-c2cccc([N+]3=NN=C(c4cccc5ccccc45)C3)c2)nc1. The van der Waals surface area contributed by atoms with Gasteiger partial charge in [-0.2, -0.15) is 0 Å². The van der Waals surface area contributed by atoms with Crippen molar-refractivity contribution in [2.75, 3.05) is 6.54 Å². The summed E-state index contributed by atoms with van der Waals surface area (Å²) in [6.45, 7) is 0.652. The van der Waals surface area contributed by atoms with Crippen LogP contribution in [0, 0.1) is 0 Å². The summed E-state index contributed by atoms with van der Waals surface area (Å²) >= 11 is 0. The summed E-state index contributed by atoms with van der Waals surface area (Å²) in [5.74, 6) is 0. The van der Waals surface area contributed by atoms with Crippen LogP contribution in [0.3, 0.4) is 0 Å². The molecule has 4 nitrogen and oxygen atoms in total. The van der Waals surface area contributed by atoms with Gasteiger partial charge in [0, 0.05) is 17.3 Å². The number of rotatable bonds is 3. The van der Waals surface area contributed by atoms with Gasteiger partial charge in [-0.25, -0.2) is 0 Å². The summed E-state index contributed by atoms with van der Waals surface area (Å²) in [5, 5.41) is 11.3. The van der Waals surface area contributed by atoms with Crippen molar-refractivity contribution in [3.05, 3.63) is 96.7 Å². The number of pyridine rings is 1. The average molecular weight is 349 g/mol. The zero-order valence-electron chi connectivity index (χ0n) is 14.7. The van der Waals surface area contributed by atoms with Crippen LogP contribution < -0.4 is 0 Å². The molecule has 0 bridgehead atoms. The molecule has 0 spiro atoms. The maximum Gasteiger partial charge on any atom is 0.231 e. The van der Waals surface area contributed by atoms with Crippen molar-refractivity contribution >= 4 is 22.2 Å². The van der Waals surface area contributed by atoms with Crippen LogP contribution in [0.5, 0.6) is 0 Å². The van der Waals surface area contributed by atoms with Crippen LogP contribution in [-0.4, -0.2) is 21.9 Å². The summed E-state index contributed by atoms with van der Waals surface area (Å²) in [7, 11) is 0. The first-order valence-corrected chi connectivity index (χ1v) is 8.93. The maximum atomic E-state index is 4.47. The van der Waals surface area contributed by atoms with Gasteiger partial charge >= 0.3 is 0 Å². The summed E-state index contributed by atoms with van der Waals surface area (Å²) in [6, 6.07) is 28.9. The molecular weight excluding hydrogens is 332 g/mol. The van der Waals surface area contributed by atoms with Crippen LogP contribution in [0.1, 0.15) is 5.56 Å². The van der Waals surface area contributed by atoms with E-state index in [1.165, 1.54) is 10.8 Å². The lowest BCUT2D eigenvalue weighted by Gasteiger charge is -2.04. The highest BCUT2D eigenvalue weighted by Crippen LogP contribution is 2.26. The molecule has 128 valence electrons. The first kappa shape index (κ1) is 15.6. The maximum absolute atomic E-state index is 4.47. The van der Waals surface area contributed by atoms with Crippen LogP contribution >= 0.6 is 0 Å². The molecule has 0 unspecified atom stereocenters. The van der Waals surface area contributed by atoms with E-state index >= 15 is 0 Å². The van der Waals surface area contributed by atoms with E-state index in [1.807, 2.05) is 35.2 Å². The van der Waals surface area contributed by atoms with E-state index in [-0.39, 0.29) is 0 Å². The van der Waals surface area contributed by atoms with Gasteiger partial charge in [-0.15, -0.1) is 4.70 Å². The minimum absolute atomic E-state index is 0.652. The standard InChI is InChI=1S/C23H17N4/c1-2-11-20-17(7-1)8-6-12-21(20)23-16-27(26-25-23)19-10-5-9-18(15-19)22-13-3-4-14-24-22/h1-15H,16H2/q+1. The molecule has 1 aromatic heterocycles. The van der Waals surface area contributed by atoms with Gasteiger partial charge in [0.05, 0.1) is 10.8 Å². The molecule has 0 radical (unpaired) electrons. The molecule has 27 heavy (non-hydrogen) atoms. The molecule has 2 heterocycles. The smallest absolute Gasteiger partial charge is 0.231 e. The Labute approximate surface area is 157 Å². The molecule has 0 N–H and O–H groups in total. The Morgan fingerprint density at radius 2 is 1.63 bits per heavy atom. The van der Waals surface area contributed by atoms with Gasteiger partial charge in [-0.1, -0.05) is 54.6 Å². The van der Waals surface area contributed by atoms with E-state index in [2.05, 4.69) is 76.0 Å². The van der Waals surface area contributed by atoms with Gasteiger partial charge in [-0.3, -0.25) is 4.98 Å². The van der Waals surface area contributed by atoms with Crippen molar-refractivity contribution in [1.29, 1.82) is 0 Å². The summed E-state index contributed by atoms with van der Waals surface area (Å²) < 4.78 is 1.93. The third-order valence-electron chi connectivity index (χ3n) is 4.78. The van der Waals surface area contributed by atoms with Crippen LogP contribution in [-0.2, 0) is 0 Å². The molecule has 0 fully saturated rings. The van der Waals surface area contributed by atoms with Crippen molar-refractivity contribution in [2.24, 2.45) is 10.3 Å². The lowest BCUT2D eigenvalue weighted by Crippen LogP contribution is -2.12. The van der Waals surface area contributed by atoms with E-state index in [1.54, 1.807) is 0 Å². The number of benzene rings is 3. The highest BCUT2D eigenvalue weighted by Gasteiger charge is 2.25. The van der Waals surface area contributed by atoms with Crippen molar-refractivity contribution in [2.45, 2.75) is 0 Å². The molecule has 0 aliphatic carbocycles. The topological polar surface area (TPSA) is 40.6 Å². The first-order chi connectivity index (χ1) is 13.4. The Morgan fingerprint density at radius 1 is 0.778 bits per heavy atom. The van der Waals surface area contributed by atoms with Crippen LogP contribution in [0.4, 0.5) is 5.69 Å². The largest absolute Gasteiger partial charge is 0.256 e. The number of hydrogen-bond donors (Lipinski definition) is 0. The molecule has 1 aliphatic rings. The predicted octanol–water partition coefficient (Wildman–Crippen LogP) is 5.42. The van der Waals surface area contributed by atoms with Crippen molar-refractivity contribution < 1.29 is 4.70 Å². The van der Waals surface area contributed by atoms with Crippen molar-refractivity contribution in [3.63, 3.8) is 0 Å². The lowest BCUT2D eigenvalue weighted by atomic mass is 10.0. The first-order valence-electron chi connectivity index (χ1n) is 8.93. The van der Waals surface area contributed by atoms with Crippen LogP contribution in [0.2, 0.25) is 0 Å².